The fraction of sp³-hybridized carbons (Fsp3) is 0.105. The van der Waals surface area contributed by atoms with Crippen molar-refractivity contribution in [1.29, 1.82) is 0 Å². The summed E-state index contributed by atoms with van der Waals surface area (Å²) >= 11 is 12.2. The standard InChI is InChI=1S/C19H17Cl2N5O2/c1-26(15-6-4-3-5-12(15)19(27)28-2)18-16(22)17(23-10-24-18)25-14-9-11(20)7-8-13(14)21/h3-10H,22H2,1-2H3,(H,23,24,25). The van der Waals surface area contributed by atoms with Gasteiger partial charge in [-0.25, -0.2) is 14.8 Å². The molecule has 7 nitrogen and oxygen atoms in total. The van der Waals surface area contributed by atoms with E-state index in [9.17, 15) is 4.79 Å². The number of esters is 1. The molecule has 0 aliphatic heterocycles. The number of carbonyl (C=O) groups is 1. The van der Waals surface area contributed by atoms with Gasteiger partial charge in [-0.15, -0.1) is 0 Å². The average molecular weight is 418 g/mol. The Morgan fingerprint density at radius 1 is 1.18 bits per heavy atom. The van der Waals surface area contributed by atoms with Crippen molar-refractivity contribution in [3.63, 3.8) is 0 Å². The summed E-state index contributed by atoms with van der Waals surface area (Å²) in [5, 5.41) is 4.05. The second-order valence-electron chi connectivity index (χ2n) is 5.78. The van der Waals surface area contributed by atoms with Gasteiger partial charge in [0.25, 0.3) is 0 Å². The lowest BCUT2D eigenvalue weighted by molar-refractivity contribution is 0.0601. The van der Waals surface area contributed by atoms with Crippen molar-refractivity contribution in [3.8, 4) is 0 Å². The summed E-state index contributed by atoms with van der Waals surface area (Å²) in [4.78, 5) is 22.2. The number of ether oxygens (including phenoxy) is 1. The third kappa shape index (κ3) is 3.95. The van der Waals surface area contributed by atoms with E-state index in [-0.39, 0.29) is 5.69 Å². The normalized spacial score (nSPS) is 10.4. The maximum Gasteiger partial charge on any atom is 0.339 e. The molecule has 1 aromatic heterocycles. The first-order valence-corrected chi connectivity index (χ1v) is 8.91. The Bertz CT molecular complexity index is 1030. The number of halogens is 2. The molecular formula is C19H17Cl2N5O2. The molecule has 28 heavy (non-hydrogen) atoms. The topological polar surface area (TPSA) is 93.4 Å². The predicted molar refractivity (Wildman–Crippen MR) is 112 cm³/mol. The Kier molecular flexibility index (Phi) is 5.87. The third-order valence-corrected chi connectivity index (χ3v) is 4.60. The molecular weight excluding hydrogens is 401 g/mol. The highest BCUT2D eigenvalue weighted by Crippen LogP contribution is 2.35. The van der Waals surface area contributed by atoms with Gasteiger partial charge in [0.05, 0.1) is 29.1 Å². The Morgan fingerprint density at radius 2 is 1.93 bits per heavy atom. The second kappa shape index (κ2) is 8.33. The van der Waals surface area contributed by atoms with Crippen molar-refractivity contribution in [2.45, 2.75) is 0 Å². The van der Waals surface area contributed by atoms with E-state index in [1.54, 1.807) is 54.4 Å². The minimum atomic E-state index is -0.459. The van der Waals surface area contributed by atoms with Gasteiger partial charge in [0.1, 0.15) is 12.0 Å². The van der Waals surface area contributed by atoms with Crippen LogP contribution in [0.1, 0.15) is 10.4 Å². The molecule has 3 aromatic rings. The lowest BCUT2D eigenvalue weighted by atomic mass is 10.1. The molecule has 0 atom stereocenters. The van der Waals surface area contributed by atoms with Crippen LogP contribution in [0, 0.1) is 0 Å². The molecule has 144 valence electrons. The van der Waals surface area contributed by atoms with Crippen molar-refractivity contribution in [2.75, 3.05) is 30.1 Å². The summed E-state index contributed by atoms with van der Waals surface area (Å²) in [6, 6.07) is 12.0. The zero-order chi connectivity index (χ0) is 20.3. The van der Waals surface area contributed by atoms with Gasteiger partial charge >= 0.3 is 5.97 Å². The van der Waals surface area contributed by atoms with Crippen molar-refractivity contribution in [3.05, 3.63) is 64.4 Å². The molecule has 3 N–H and O–H groups in total. The fourth-order valence-electron chi connectivity index (χ4n) is 2.64. The zero-order valence-corrected chi connectivity index (χ0v) is 16.6. The van der Waals surface area contributed by atoms with Gasteiger partial charge in [-0.05, 0) is 30.3 Å². The van der Waals surface area contributed by atoms with E-state index in [1.165, 1.54) is 13.4 Å². The van der Waals surface area contributed by atoms with E-state index in [4.69, 9.17) is 33.7 Å². The highest BCUT2D eigenvalue weighted by Gasteiger charge is 2.19. The molecule has 0 saturated heterocycles. The third-order valence-electron chi connectivity index (χ3n) is 4.03. The smallest absolute Gasteiger partial charge is 0.339 e. The lowest BCUT2D eigenvalue weighted by Crippen LogP contribution is -2.18. The van der Waals surface area contributed by atoms with Crippen molar-refractivity contribution in [1.82, 2.24) is 9.97 Å². The molecule has 3 rings (SSSR count). The van der Waals surface area contributed by atoms with Crippen molar-refractivity contribution < 1.29 is 9.53 Å². The molecule has 0 amide bonds. The number of nitrogens with one attached hydrogen (secondary N) is 1. The van der Waals surface area contributed by atoms with E-state index in [0.29, 0.717) is 38.6 Å². The van der Waals surface area contributed by atoms with Crippen LogP contribution in [-0.4, -0.2) is 30.1 Å². The van der Waals surface area contributed by atoms with E-state index < -0.39 is 5.97 Å². The van der Waals surface area contributed by atoms with Crippen LogP contribution in [0.25, 0.3) is 0 Å². The number of para-hydroxylation sites is 1. The van der Waals surface area contributed by atoms with Crippen LogP contribution < -0.4 is 16.0 Å². The molecule has 1 heterocycles. The summed E-state index contributed by atoms with van der Waals surface area (Å²) in [5.74, 6) is 0.308. The first kappa shape index (κ1) is 19.7. The zero-order valence-electron chi connectivity index (χ0n) is 15.1. The molecule has 2 aromatic carbocycles. The van der Waals surface area contributed by atoms with Crippen LogP contribution >= 0.6 is 23.2 Å². The first-order valence-electron chi connectivity index (χ1n) is 8.16. The van der Waals surface area contributed by atoms with Crippen LogP contribution in [0.15, 0.2) is 48.8 Å². The maximum atomic E-state index is 12.1. The summed E-state index contributed by atoms with van der Waals surface area (Å²) in [7, 11) is 3.07. The van der Waals surface area contributed by atoms with Gasteiger partial charge in [-0.1, -0.05) is 35.3 Å². The van der Waals surface area contributed by atoms with Crippen LogP contribution in [0.4, 0.5) is 28.7 Å². The SMILES string of the molecule is COC(=O)c1ccccc1N(C)c1ncnc(Nc2cc(Cl)ccc2Cl)c1N. The van der Waals surface area contributed by atoms with Crippen LogP contribution in [0.3, 0.4) is 0 Å². The molecule has 0 spiro atoms. The Morgan fingerprint density at radius 3 is 2.68 bits per heavy atom. The Balaban J connectivity index is 2.00. The van der Waals surface area contributed by atoms with Crippen LogP contribution in [0.5, 0.6) is 0 Å². The van der Waals surface area contributed by atoms with Gasteiger partial charge in [0.15, 0.2) is 11.6 Å². The summed E-state index contributed by atoms with van der Waals surface area (Å²) in [6.45, 7) is 0. The number of aromatic nitrogens is 2. The highest BCUT2D eigenvalue weighted by molar-refractivity contribution is 6.35. The molecule has 0 bridgehead atoms. The van der Waals surface area contributed by atoms with Gasteiger partial charge in [-0.2, -0.15) is 0 Å². The van der Waals surface area contributed by atoms with Gasteiger partial charge < -0.3 is 20.7 Å². The number of methoxy groups -OCH3 is 1. The fourth-order valence-corrected chi connectivity index (χ4v) is 2.97. The van der Waals surface area contributed by atoms with E-state index in [2.05, 4.69) is 15.3 Å². The molecule has 0 fully saturated rings. The van der Waals surface area contributed by atoms with Gasteiger partial charge in [0.2, 0.25) is 0 Å². The van der Waals surface area contributed by atoms with E-state index in [0.717, 1.165) is 0 Å². The number of nitrogens with two attached hydrogens (primary N) is 1. The number of anilines is 5. The maximum absolute atomic E-state index is 12.1. The van der Waals surface area contributed by atoms with E-state index >= 15 is 0 Å². The molecule has 0 unspecified atom stereocenters. The molecule has 0 aliphatic rings. The molecule has 0 radical (unpaired) electrons. The number of nitrogens with zero attached hydrogens (tertiary/aromatic N) is 3. The largest absolute Gasteiger partial charge is 0.465 e. The summed E-state index contributed by atoms with van der Waals surface area (Å²) in [6.07, 6.45) is 1.36. The minimum Gasteiger partial charge on any atom is -0.465 e. The molecule has 0 aliphatic carbocycles. The first-order chi connectivity index (χ1) is 13.4. The van der Waals surface area contributed by atoms with Crippen molar-refractivity contribution in [2.24, 2.45) is 0 Å². The minimum absolute atomic E-state index is 0.278. The number of hydrogen-bond donors (Lipinski definition) is 2. The van der Waals surface area contributed by atoms with Crippen molar-refractivity contribution >= 4 is 57.9 Å². The molecule has 0 saturated carbocycles. The Labute approximate surface area is 172 Å². The monoisotopic (exact) mass is 417 g/mol. The number of rotatable bonds is 5. The molecule has 9 heteroatoms. The number of benzene rings is 2. The van der Waals surface area contributed by atoms with E-state index in [1.807, 2.05) is 0 Å². The number of hydrogen-bond acceptors (Lipinski definition) is 7. The van der Waals surface area contributed by atoms with Crippen LogP contribution in [-0.2, 0) is 4.74 Å². The predicted octanol–water partition coefficient (Wildman–Crippen LogP) is 4.66. The van der Waals surface area contributed by atoms with Gasteiger partial charge in [-0.3, -0.25) is 0 Å². The van der Waals surface area contributed by atoms with Crippen LogP contribution in [0.2, 0.25) is 10.0 Å². The summed E-state index contributed by atoms with van der Waals surface area (Å²) < 4.78 is 4.85. The Hall–Kier alpha value is -3.03. The average Bonchev–Trinajstić information content (AvgIpc) is 2.71. The quantitative estimate of drug-likeness (QED) is 0.582. The highest BCUT2D eigenvalue weighted by atomic mass is 35.5. The van der Waals surface area contributed by atoms with Gasteiger partial charge in [0, 0.05) is 12.1 Å². The summed E-state index contributed by atoms with van der Waals surface area (Å²) in [5.41, 5.74) is 8.11. The second-order valence-corrected chi connectivity index (χ2v) is 6.62. The number of nitrogen functional groups attached to an aromatic ring is 1. The lowest BCUT2D eigenvalue weighted by Gasteiger charge is -2.23. The number of carbonyl (C=O) groups excluding carboxylic acids is 1.